The summed E-state index contributed by atoms with van der Waals surface area (Å²) < 4.78 is 5.96. The van der Waals surface area contributed by atoms with Gasteiger partial charge in [0.15, 0.2) is 0 Å². The van der Waals surface area contributed by atoms with E-state index in [1.54, 1.807) is 0 Å². The Labute approximate surface area is 95.2 Å². The maximum atomic E-state index is 5.96. The minimum atomic E-state index is 0.339. The first kappa shape index (κ1) is 9.67. The average molecular weight is 213 g/mol. The number of aryl methyl sites for hydroxylation is 1. The van der Waals surface area contributed by atoms with Crippen molar-refractivity contribution in [1.82, 2.24) is 5.32 Å². The fourth-order valence-electron chi connectivity index (χ4n) is 2.05. The summed E-state index contributed by atoms with van der Waals surface area (Å²) in [5.74, 6) is 1.01. The number of benzene rings is 2. The molecule has 1 aliphatic rings. The molecule has 16 heavy (non-hydrogen) atoms. The maximum Gasteiger partial charge on any atom is 0.127 e. The second kappa shape index (κ2) is 3.80. The van der Waals surface area contributed by atoms with Gasteiger partial charge in [0.2, 0.25) is 0 Å². The van der Waals surface area contributed by atoms with Gasteiger partial charge in [-0.05, 0) is 23.9 Å². The summed E-state index contributed by atoms with van der Waals surface area (Å²) in [4.78, 5) is 0. The van der Waals surface area contributed by atoms with Crippen molar-refractivity contribution in [2.45, 2.75) is 13.0 Å². The second-order valence-electron chi connectivity index (χ2n) is 4.32. The molecule has 2 nitrogen and oxygen atoms in total. The van der Waals surface area contributed by atoms with E-state index in [-0.39, 0.29) is 0 Å². The first-order valence-corrected chi connectivity index (χ1v) is 5.70. The predicted octanol–water partition coefficient (Wildman–Crippen LogP) is 2.50. The number of ether oxygens (including phenoxy) is 1. The van der Waals surface area contributed by atoms with E-state index in [9.17, 15) is 0 Å². The van der Waals surface area contributed by atoms with E-state index in [0.717, 1.165) is 18.8 Å². The highest BCUT2D eigenvalue weighted by Gasteiger charge is 2.19. The van der Waals surface area contributed by atoms with E-state index in [2.05, 4.69) is 48.6 Å². The van der Waals surface area contributed by atoms with Crippen LogP contribution in [0.4, 0.5) is 0 Å². The quantitative estimate of drug-likeness (QED) is 0.827. The molecular weight excluding hydrogens is 198 g/mol. The number of hydrogen-bond donors (Lipinski definition) is 1. The Hall–Kier alpha value is -1.54. The molecule has 0 spiro atoms. The molecule has 1 heterocycles. The minimum absolute atomic E-state index is 0.339. The van der Waals surface area contributed by atoms with E-state index >= 15 is 0 Å². The lowest BCUT2D eigenvalue weighted by atomic mass is 10.0. The molecule has 0 bridgehead atoms. The Morgan fingerprint density at radius 2 is 1.81 bits per heavy atom. The number of fused-ring (bicyclic) bond motifs is 1. The van der Waals surface area contributed by atoms with Crippen LogP contribution in [0.3, 0.4) is 0 Å². The molecule has 2 heteroatoms. The highest BCUT2D eigenvalue weighted by Crippen LogP contribution is 2.29. The maximum absolute atomic E-state index is 5.96. The molecule has 1 N–H and O–H groups in total. The third-order valence-corrected chi connectivity index (χ3v) is 3.14. The fraction of sp³-hybridized carbons (Fsp3) is 0.286. The fourth-order valence-corrected chi connectivity index (χ4v) is 2.05. The van der Waals surface area contributed by atoms with E-state index < -0.39 is 0 Å². The van der Waals surface area contributed by atoms with Crippen LogP contribution in [0.15, 0.2) is 36.4 Å². The van der Waals surface area contributed by atoms with Crippen molar-refractivity contribution in [3.63, 3.8) is 0 Å². The zero-order chi connectivity index (χ0) is 11.0. The van der Waals surface area contributed by atoms with Crippen molar-refractivity contribution < 1.29 is 4.74 Å². The minimum Gasteiger partial charge on any atom is -0.487 e. The van der Waals surface area contributed by atoms with E-state index in [1.807, 2.05) is 0 Å². The van der Waals surface area contributed by atoms with Crippen molar-refractivity contribution in [1.29, 1.82) is 0 Å². The summed E-state index contributed by atoms with van der Waals surface area (Å²) in [6.45, 7) is 4.06. The van der Waals surface area contributed by atoms with Gasteiger partial charge in [0, 0.05) is 18.5 Å². The van der Waals surface area contributed by atoms with E-state index in [1.165, 1.54) is 16.3 Å². The van der Waals surface area contributed by atoms with Crippen LogP contribution in [0.25, 0.3) is 10.8 Å². The third kappa shape index (κ3) is 1.55. The van der Waals surface area contributed by atoms with Gasteiger partial charge in [-0.15, -0.1) is 0 Å². The van der Waals surface area contributed by atoms with Crippen LogP contribution in [-0.4, -0.2) is 19.2 Å². The second-order valence-corrected chi connectivity index (χ2v) is 4.32. The molecule has 0 amide bonds. The van der Waals surface area contributed by atoms with Gasteiger partial charge in [0.1, 0.15) is 11.9 Å². The summed E-state index contributed by atoms with van der Waals surface area (Å²) in [5.41, 5.74) is 1.30. The average Bonchev–Trinajstić information content (AvgIpc) is 2.26. The van der Waals surface area contributed by atoms with Gasteiger partial charge in [-0.3, -0.25) is 0 Å². The van der Waals surface area contributed by atoms with Crippen LogP contribution in [0.2, 0.25) is 0 Å². The van der Waals surface area contributed by atoms with Gasteiger partial charge in [0.05, 0.1) is 0 Å². The van der Waals surface area contributed by atoms with Gasteiger partial charge >= 0.3 is 0 Å². The summed E-state index contributed by atoms with van der Waals surface area (Å²) in [5, 5.41) is 5.72. The molecular formula is C14H15NO. The van der Waals surface area contributed by atoms with Crippen LogP contribution >= 0.6 is 0 Å². The lowest BCUT2D eigenvalue weighted by Gasteiger charge is -2.28. The first-order valence-electron chi connectivity index (χ1n) is 5.70. The Morgan fingerprint density at radius 1 is 1.06 bits per heavy atom. The van der Waals surface area contributed by atoms with Crippen molar-refractivity contribution in [3.05, 3.63) is 42.0 Å². The molecule has 0 atom stereocenters. The smallest absolute Gasteiger partial charge is 0.127 e. The Kier molecular flexibility index (Phi) is 2.29. The van der Waals surface area contributed by atoms with Crippen LogP contribution < -0.4 is 10.1 Å². The molecule has 1 saturated heterocycles. The molecule has 0 radical (unpaired) electrons. The third-order valence-electron chi connectivity index (χ3n) is 3.14. The van der Waals surface area contributed by atoms with Crippen molar-refractivity contribution >= 4 is 10.8 Å². The molecule has 0 aliphatic carbocycles. The molecule has 1 fully saturated rings. The highest BCUT2D eigenvalue weighted by molar-refractivity contribution is 5.90. The summed E-state index contributed by atoms with van der Waals surface area (Å²) in [6.07, 6.45) is 0.339. The van der Waals surface area contributed by atoms with Gasteiger partial charge < -0.3 is 10.1 Å². The van der Waals surface area contributed by atoms with Crippen LogP contribution in [-0.2, 0) is 0 Å². The molecule has 0 saturated carbocycles. The van der Waals surface area contributed by atoms with Crippen molar-refractivity contribution in [3.8, 4) is 5.75 Å². The Bertz CT molecular complexity index is 517. The topological polar surface area (TPSA) is 21.3 Å². The Balaban J connectivity index is 2.06. The van der Waals surface area contributed by atoms with E-state index in [4.69, 9.17) is 4.74 Å². The number of nitrogens with one attached hydrogen (secondary N) is 1. The molecule has 82 valence electrons. The van der Waals surface area contributed by atoms with Gasteiger partial charge in [-0.25, -0.2) is 0 Å². The lowest BCUT2D eigenvalue weighted by Crippen LogP contribution is -2.50. The molecule has 2 aromatic rings. The van der Waals surface area contributed by atoms with Gasteiger partial charge in [0.25, 0.3) is 0 Å². The number of hydrogen-bond acceptors (Lipinski definition) is 2. The predicted molar refractivity (Wildman–Crippen MR) is 66.0 cm³/mol. The SMILES string of the molecule is Cc1ccc(OC2CNC2)c2ccccc12. The highest BCUT2D eigenvalue weighted by atomic mass is 16.5. The molecule has 0 unspecified atom stereocenters. The van der Waals surface area contributed by atoms with Crippen molar-refractivity contribution in [2.75, 3.05) is 13.1 Å². The van der Waals surface area contributed by atoms with Crippen LogP contribution in [0.1, 0.15) is 5.56 Å². The molecule has 2 aromatic carbocycles. The van der Waals surface area contributed by atoms with Crippen molar-refractivity contribution in [2.24, 2.45) is 0 Å². The largest absolute Gasteiger partial charge is 0.487 e. The van der Waals surface area contributed by atoms with Gasteiger partial charge in [-0.1, -0.05) is 30.3 Å². The van der Waals surface area contributed by atoms with Crippen LogP contribution in [0.5, 0.6) is 5.75 Å². The molecule has 0 aromatic heterocycles. The van der Waals surface area contributed by atoms with E-state index in [0.29, 0.717) is 6.10 Å². The summed E-state index contributed by atoms with van der Waals surface area (Å²) >= 11 is 0. The Morgan fingerprint density at radius 3 is 2.50 bits per heavy atom. The summed E-state index contributed by atoms with van der Waals surface area (Å²) in [7, 11) is 0. The zero-order valence-corrected chi connectivity index (χ0v) is 9.36. The number of rotatable bonds is 2. The molecule has 3 rings (SSSR count). The zero-order valence-electron chi connectivity index (χ0n) is 9.36. The normalized spacial score (nSPS) is 16.1. The molecule has 1 aliphatic heterocycles. The standard InChI is InChI=1S/C14H15NO/c1-10-6-7-14(16-11-8-15-9-11)13-5-3-2-4-12(10)13/h2-7,11,15H,8-9H2,1H3. The van der Waals surface area contributed by atoms with Crippen LogP contribution in [0, 0.1) is 6.92 Å². The summed E-state index contributed by atoms with van der Waals surface area (Å²) in [6, 6.07) is 12.6. The van der Waals surface area contributed by atoms with Gasteiger partial charge in [-0.2, -0.15) is 0 Å². The first-order chi connectivity index (χ1) is 7.84. The monoisotopic (exact) mass is 213 g/mol. The lowest BCUT2D eigenvalue weighted by molar-refractivity contribution is 0.144.